The van der Waals surface area contributed by atoms with Crippen LogP contribution in [0.2, 0.25) is 0 Å². The van der Waals surface area contributed by atoms with Gasteiger partial charge in [-0.15, -0.1) is 6.58 Å². The monoisotopic (exact) mass is 449 g/mol. The summed E-state index contributed by atoms with van der Waals surface area (Å²) in [6.45, 7) is 14.4. The molecular formula is C20H36INO2. The zero-order chi connectivity index (χ0) is 18.7. The van der Waals surface area contributed by atoms with Gasteiger partial charge in [-0.2, -0.15) is 0 Å². The van der Waals surface area contributed by atoms with Crippen LogP contribution in [0.3, 0.4) is 0 Å². The Kier molecular flexibility index (Phi) is 5.10. The van der Waals surface area contributed by atoms with Crippen molar-refractivity contribution in [2.45, 2.75) is 99.7 Å². The molecule has 4 N–H and O–H groups in total. The molecule has 4 heteroatoms. The fourth-order valence-corrected chi connectivity index (χ4v) is 6.84. The Labute approximate surface area is 161 Å². The van der Waals surface area contributed by atoms with Crippen molar-refractivity contribution < 1.29 is 10.2 Å². The maximum absolute atomic E-state index is 11.4. The average molecular weight is 449 g/mol. The lowest BCUT2D eigenvalue weighted by Crippen LogP contribution is -2.78. The normalized spacial score (nSPS) is 47.5. The zero-order valence-electron chi connectivity index (χ0n) is 16.1. The van der Waals surface area contributed by atoms with Gasteiger partial charge >= 0.3 is 0 Å². The molecule has 0 aromatic heterocycles. The van der Waals surface area contributed by atoms with Crippen molar-refractivity contribution in [1.82, 2.24) is 0 Å². The number of hydrogen-bond acceptors (Lipinski definition) is 3. The summed E-state index contributed by atoms with van der Waals surface area (Å²) in [6.07, 6.45) is 7.79. The molecule has 0 bridgehead atoms. The number of aliphatic hydroxyl groups is 2. The first kappa shape index (κ1) is 20.7. The summed E-state index contributed by atoms with van der Waals surface area (Å²) >= 11 is 2.49. The number of nitrogens with two attached hydrogens (primary N) is 1. The highest BCUT2D eigenvalue weighted by atomic mass is 127. The van der Waals surface area contributed by atoms with Gasteiger partial charge in [0.25, 0.3) is 0 Å². The lowest BCUT2D eigenvalue weighted by Gasteiger charge is -2.70. The lowest BCUT2D eigenvalue weighted by molar-refractivity contribution is -0.159. The van der Waals surface area contributed by atoms with Crippen LogP contribution in [0.1, 0.15) is 79.6 Å². The molecule has 140 valence electrons. The quantitative estimate of drug-likeness (QED) is 0.340. The summed E-state index contributed by atoms with van der Waals surface area (Å²) in [4.78, 5) is 0. The largest absolute Gasteiger partial charge is 0.389 e. The predicted molar refractivity (Wildman–Crippen MR) is 109 cm³/mol. The molecule has 0 saturated heterocycles. The Bertz CT molecular complexity index is 516. The number of halogens is 1. The SMILES string of the molecule is C=C[C@](C)(O)CC[C@]1(I)[C@@]2(C)CCCC(C)(C)[C@]2(N)CC[C@@]1(C)O. The Balaban J connectivity index is 2.50. The fourth-order valence-electron chi connectivity index (χ4n) is 5.55. The molecule has 24 heavy (non-hydrogen) atoms. The molecule has 0 aromatic carbocycles. The maximum Gasteiger partial charge on any atom is 0.0797 e. The van der Waals surface area contributed by atoms with E-state index in [0.717, 1.165) is 32.1 Å². The van der Waals surface area contributed by atoms with Crippen molar-refractivity contribution in [2.24, 2.45) is 16.6 Å². The molecule has 0 aliphatic heterocycles. The van der Waals surface area contributed by atoms with Gasteiger partial charge in [0.1, 0.15) is 0 Å². The first-order valence-electron chi connectivity index (χ1n) is 9.24. The van der Waals surface area contributed by atoms with Gasteiger partial charge in [-0.05, 0) is 57.8 Å². The summed E-state index contributed by atoms with van der Waals surface area (Å²) in [5.41, 5.74) is 5.00. The van der Waals surface area contributed by atoms with Crippen molar-refractivity contribution in [2.75, 3.05) is 0 Å². The summed E-state index contributed by atoms with van der Waals surface area (Å²) in [6, 6.07) is 0. The van der Waals surface area contributed by atoms with E-state index in [9.17, 15) is 10.2 Å². The van der Waals surface area contributed by atoms with Crippen molar-refractivity contribution in [1.29, 1.82) is 0 Å². The van der Waals surface area contributed by atoms with Gasteiger partial charge in [-0.1, -0.05) is 55.9 Å². The van der Waals surface area contributed by atoms with E-state index in [0.29, 0.717) is 12.8 Å². The van der Waals surface area contributed by atoms with E-state index >= 15 is 0 Å². The molecule has 0 unspecified atom stereocenters. The van der Waals surface area contributed by atoms with Crippen LogP contribution < -0.4 is 5.73 Å². The van der Waals surface area contributed by atoms with E-state index < -0.39 is 11.2 Å². The van der Waals surface area contributed by atoms with Gasteiger partial charge in [0.05, 0.1) is 14.6 Å². The van der Waals surface area contributed by atoms with Crippen LogP contribution in [0.25, 0.3) is 0 Å². The Morgan fingerprint density at radius 1 is 1.17 bits per heavy atom. The Morgan fingerprint density at radius 2 is 1.75 bits per heavy atom. The second-order valence-electron chi connectivity index (χ2n) is 9.68. The fraction of sp³-hybridized carbons (Fsp3) is 0.900. The average Bonchev–Trinajstić information content (AvgIpc) is 2.47. The molecule has 2 fully saturated rings. The molecule has 0 aromatic rings. The van der Waals surface area contributed by atoms with Crippen molar-refractivity contribution in [3.8, 4) is 0 Å². The van der Waals surface area contributed by atoms with Crippen LogP contribution in [0.15, 0.2) is 12.7 Å². The first-order chi connectivity index (χ1) is 10.7. The van der Waals surface area contributed by atoms with E-state index in [1.54, 1.807) is 13.0 Å². The van der Waals surface area contributed by atoms with Crippen LogP contribution in [0.4, 0.5) is 0 Å². The first-order valence-corrected chi connectivity index (χ1v) is 10.3. The molecule has 2 rings (SSSR count). The van der Waals surface area contributed by atoms with Crippen molar-refractivity contribution >= 4 is 22.6 Å². The number of rotatable bonds is 4. The van der Waals surface area contributed by atoms with Crippen LogP contribution >= 0.6 is 22.6 Å². The minimum absolute atomic E-state index is 0.0495. The molecule has 2 saturated carbocycles. The molecular weight excluding hydrogens is 413 g/mol. The van der Waals surface area contributed by atoms with Crippen molar-refractivity contribution in [3.63, 3.8) is 0 Å². The van der Waals surface area contributed by atoms with E-state index in [1.807, 2.05) is 6.92 Å². The topological polar surface area (TPSA) is 66.5 Å². The number of alkyl halides is 1. The van der Waals surface area contributed by atoms with Crippen molar-refractivity contribution in [3.05, 3.63) is 12.7 Å². The third kappa shape index (κ3) is 2.71. The third-order valence-corrected chi connectivity index (χ3v) is 10.7. The smallest absolute Gasteiger partial charge is 0.0797 e. The van der Waals surface area contributed by atoms with Crippen LogP contribution in [-0.4, -0.2) is 30.4 Å². The lowest BCUT2D eigenvalue weighted by atomic mass is 9.41. The highest BCUT2D eigenvalue weighted by molar-refractivity contribution is 14.1. The summed E-state index contributed by atoms with van der Waals surface area (Å²) < 4.78 is -0.380. The molecule has 0 amide bonds. The van der Waals surface area contributed by atoms with E-state index in [4.69, 9.17) is 5.73 Å². The van der Waals surface area contributed by atoms with E-state index in [-0.39, 0.29) is 19.8 Å². The van der Waals surface area contributed by atoms with Gasteiger partial charge in [-0.25, -0.2) is 0 Å². The minimum atomic E-state index is -0.913. The van der Waals surface area contributed by atoms with Crippen LogP contribution in [0, 0.1) is 10.8 Å². The molecule has 0 heterocycles. The zero-order valence-corrected chi connectivity index (χ0v) is 18.2. The molecule has 0 radical (unpaired) electrons. The predicted octanol–water partition coefficient (Wildman–Crippen LogP) is 4.34. The van der Waals surface area contributed by atoms with Crippen LogP contribution in [-0.2, 0) is 0 Å². The summed E-state index contributed by atoms with van der Waals surface area (Å²) in [7, 11) is 0. The second kappa shape index (κ2) is 5.93. The highest BCUT2D eigenvalue weighted by Gasteiger charge is 2.71. The van der Waals surface area contributed by atoms with Gasteiger partial charge in [0.15, 0.2) is 0 Å². The highest BCUT2D eigenvalue weighted by Crippen LogP contribution is 2.68. The van der Waals surface area contributed by atoms with Crippen LogP contribution in [0.5, 0.6) is 0 Å². The number of hydrogen-bond donors (Lipinski definition) is 3. The standard InChI is InChI=1S/C20H36INO2/c1-7-16(4,23)11-13-19(21)17(5)10-8-9-15(2,3)20(17,22)14-12-18(19,6)24/h7,23-24H,1,8-14,22H2,2-6H3/t16-,17+,18+,19-,20+/m0/s1. The van der Waals surface area contributed by atoms with Gasteiger partial charge in [0, 0.05) is 11.0 Å². The molecule has 0 spiro atoms. The Hall–Kier alpha value is 0.350. The molecule has 2 aliphatic carbocycles. The number of fused-ring (bicyclic) bond motifs is 1. The summed E-state index contributed by atoms with van der Waals surface area (Å²) in [5, 5.41) is 21.8. The van der Waals surface area contributed by atoms with Gasteiger partial charge in [0.2, 0.25) is 0 Å². The molecule has 5 atom stereocenters. The van der Waals surface area contributed by atoms with E-state index in [2.05, 4.69) is 49.9 Å². The summed E-state index contributed by atoms with van der Waals surface area (Å²) in [5.74, 6) is 0. The minimum Gasteiger partial charge on any atom is -0.389 e. The van der Waals surface area contributed by atoms with E-state index in [1.165, 1.54) is 0 Å². The second-order valence-corrected chi connectivity index (χ2v) is 11.5. The molecule has 3 nitrogen and oxygen atoms in total. The van der Waals surface area contributed by atoms with Gasteiger partial charge in [-0.3, -0.25) is 0 Å². The Morgan fingerprint density at radius 3 is 2.29 bits per heavy atom. The maximum atomic E-state index is 11.4. The third-order valence-electron chi connectivity index (χ3n) is 7.82. The van der Waals surface area contributed by atoms with Gasteiger partial charge < -0.3 is 15.9 Å². The molecule has 2 aliphatic rings.